The summed E-state index contributed by atoms with van der Waals surface area (Å²) in [6, 6.07) is 13.1. The van der Waals surface area contributed by atoms with Gasteiger partial charge in [-0.1, -0.05) is 41.9 Å². The number of hydrogen-bond acceptors (Lipinski definition) is 9. The first-order chi connectivity index (χ1) is 22.1. The summed E-state index contributed by atoms with van der Waals surface area (Å²) in [4.78, 5) is 42.6. The number of benzene rings is 2. The number of ether oxygens (including phenoxy) is 2. The molecular weight excluding hydrogens is 612 g/mol. The lowest BCUT2D eigenvalue weighted by Gasteiger charge is -2.31. The third kappa shape index (κ3) is 5.73. The normalized spacial score (nSPS) is 19.1. The van der Waals surface area contributed by atoms with E-state index in [0.29, 0.717) is 35.5 Å². The average Bonchev–Trinajstić information content (AvgIpc) is 3.46. The van der Waals surface area contributed by atoms with Gasteiger partial charge in [0.25, 0.3) is 11.5 Å². The summed E-state index contributed by atoms with van der Waals surface area (Å²) in [5.74, 6) is -0.213. The van der Waals surface area contributed by atoms with Crippen LogP contribution in [0, 0.1) is 6.92 Å². The van der Waals surface area contributed by atoms with Gasteiger partial charge in [0.15, 0.2) is 0 Å². The zero-order valence-corrected chi connectivity index (χ0v) is 26.7. The van der Waals surface area contributed by atoms with Crippen LogP contribution in [0.4, 0.5) is 5.69 Å². The number of aryl methyl sites for hydroxylation is 2. The molecule has 13 heteroatoms. The van der Waals surface area contributed by atoms with Gasteiger partial charge in [-0.25, -0.2) is 14.5 Å². The highest BCUT2D eigenvalue weighted by Crippen LogP contribution is 2.43. The van der Waals surface area contributed by atoms with Gasteiger partial charge in [-0.15, -0.1) is 0 Å². The number of halogens is 1. The van der Waals surface area contributed by atoms with E-state index in [9.17, 15) is 19.5 Å². The maximum Gasteiger partial charge on any atom is 0.346 e. The van der Waals surface area contributed by atoms with E-state index in [2.05, 4.69) is 21.8 Å². The van der Waals surface area contributed by atoms with E-state index in [0.717, 1.165) is 61.9 Å². The molecule has 2 aliphatic rings. The molecule has 4 aromatic rings. The van der Waals surface area contributed by atoms with Gasteiger partial charge < -0.3 is 25.2 Å². The Morgan fingerprint density at radius 1 is 1.11 bits per heavy atom. The molecule has 0 unspecified atom stereocenters. The molecular formula is C33H35ClN6O6. The summed E-state index contributed by atoms with van der Waals surface area (Å²) >= 11 is 7.09. The lowest BCUT2D eigenvalue weighted by Crippen LogP contribution is -2.47. The Morgan fingerprint density at radius 2 is 1.85 bits per heavy atom. The van der Waals surface area contributed by atoms with Crippen LogP contribution in [0.5, 0.6) is 5.88 Å². The number of pyridine rings is 1. The molecule has 3 N–H and O–H groups in total. The van der Waals surface area contributed by atoms with Crippen LogP contribution < -0.4 is 26.6 Å². The fourth-order valence-corrected chi connectivity index (χ4v) is 6.59. The Hall–Kier alpha value is -4.36. The fraction of sp³-hybridized carbons (Fsp3) is 0.364. The Kier molecular flexibility index (Phi) is 8.80. The number of amides is 1. The number of aromatic nitrogens is 4. The molecule has 6 rings (SSSR count). The van der Waals surface area contributed by atoms with Gasteiger partial charge in [-0.05, 0) is 55.0 Å². The topological polar surface area (TPSA) is 150 Å². The van der Waals surface area contributed by atoms with E-state index < -0.39 is 29.0 Å². The van der Waals surface area contributed by atoms with Crippen molar-refractivity contribution >= 4 is 23.2 Å². The minimum atomic E-state index is -0.786. The van der Waals surface area contributed by atoms with Crippen LogP contribution >= 0.6 is 11.6 Å². The summed E-state index contributed by atoms with van der Waals surface area (Å²) < 4.78 is 13.0. The van der Waals surface area contributed by atoms with Crippen molar-refractivity contribution in [1.82, 2.24) is 24.6 Å². The van der Waals surface area contributed by atoms with Crippen LogP contribution in [0.3, 0.4) is 0 Å². The smallest absolute Gasteiger partial charge is 0.346 e. The Bertz CT molecular complexity index is 1960. The molecule has 1 aliphatic carbocycles. The highest BCUT2D eigenvalue weighted by Gasteiger charge is 2.33. The summed E-state index contributed by atoms with van der Waals surface area (Å²) in [6.07, 6.45) is 1.85. The third-order valence-electron chi connectivity index (χ3n) is 8.78. The first-order valence-corrected chi connectivity index (χ1v) is 15.4. The summed E-state index contributed by atoms with van der Waals surface area (Å²) in [5, 5.41) is 21.1. The van der Waals surface area contributed by atoms with E-state index in [4.69, 9.17) is 26.1 Å². The maximum atomic E-state index is 13.1. The molecule has 0 bridgehead atoms. The number of carbonyl (C=O) groups excluding carboxylic acids is 1. The van der Waals surface area contributed by atoms with Crippen molar-refractivity contribution < 1.29 is 19.4 Å². The van der Waals surface area contributed by atoms with E-state index in [1.54, 1.807) is 19.2 Å². The number of rotatable bonds is 7. The Morgan fingerprint density at radius 3 is 2.61 bits per heavy atom. The number of aliphatic hydroxyl groups excluding tert-OH is 1. The standard InChI is InChI=1S/C33H35ClN6O6/c1-17-19(7-6-10-22(17)36-30(42)29-32(43)39(2)33(44)40(3)38-29)20-8-5-9-21(28(20)34)25-15-18-11-12-24(27(18)31(37-25)45-4)35-23-13-14-46-16-26(23)41/h5-10,15,23-24,26,35,41H,11-14,16H2,1-4H3,(H,36,42)/t23-,24+,26-/m1/s1. The first kappa shape index (κ1) is 31.6. The van der Waals surface area contributed by atoms with Crippen LogP contribution in [0.1, 0.15) is 46.1 Å². The minimum Gasteiger partial charge on any atom is -0.481 e. The van der Waals surface area contributed by atoms with E-state index >= 15 is 0 Å². The molecule has 1 amide bonds. The van der Waals surface area contributed by atoms with Gasteiger partial charge in [-0.3, -0.25) is 14.2 Å². The van der Waals surface area contributed by atoms with Crippen molar-refractivity contribution in [3.63, 3.8) is 0 Å². The summed E-state index contributed by atoms with van der Waals surface area (Å²) in [5.41, 5.74) is 4.40. The van der Waals surface area contributed by atoms with Crippen molar-refractivity contribution in [3.8, 4) is 28.3 Å². The van der Waals surface area contributed by atoms with Gasteiger partial charge in [0, 0.05) is 55.2 Å². The van der Waals surface area contributed by atoms with Crippen molar-refractivity contribution in [2.45, 2.75) is 44.4 Å². The lowest BCUT2D eigenvalue weighted by atomic mass is 9.96. The van der Waals surface area contributed by atoms with Crippen LogP contribution in [-0.4, -0.2) is 62.8 Å². The van der Waals surface area contributed by atoms with Gasteiger partial charge >= 0.3 is 5.69 Å². The predicted molar refractivity (Wildman–Crippen MR) is 174 cm³/mol. The van der Waals surface area contributed by atoms with Gasteiger partial charge in [0.05, 0.1) is 30.5 Å². The molecule has 46 heavy (non-hydrogen) atoms. The molecule has 2 aromatic carbocycles. The van der Waals surface area contributed by atoms with Gasteiger partial charge in [0.1, 0.15) is 0 Å². The minimum absolute atomic E-state index is 0.00260. The zero-order valence-electron chi connectivity index (χ0n) is 26.0. The highest BCUT2D eigenvalue weighted by atomic mass is 35.5. The SMILES string of the molecule is COc1nc(-c2cccc(-c3cccc(NC(=O)c4nn(C)c(=O)n(C)c4=O)c3C)c2Cl)cc2c1[C@@H](N[C@@H]1CCOC[C@H]1O)CC2. The van der Waals surface area contributed by atoms with Crippen LogP contribution in [-0.2, 0) is 25.3 Å². The predicted octanol–water partition coefficient (Wildman–Crippen LogP) is 3.16. The second-order valence-electron chi connectivity index (χ2n) is 11.6. The Labute approximate surface area is 270 Å². The van der Waals surface area contributed by atoms with E-state index in [1.807, 2.05) is 31.2 Å². The van der Waals surface area contributed by atoms with Crippen molar-refractivity contribution in [3.05, 3.63) is 90.7 Å². The molecule has 0 spiro atoms. The molecule has 0 saturated carbocycles. The molecule has 0 radical (unpaired) electrons. The monoisotopic (exact) mass is 646 g/mol. The molecule has 3 heterocycles. The number of hydrogen-bond donors (Lipinski definition) is 3. The van der Waals surface area contributed by atoms with Gasteiger partial charge in [0.2, 0.25) is 11.6 Å². The second kappa shape index (κ2) is 12.8. The molecule has 1 fully saturated rings. The molecule has 1 saturated heterocycles. The number of anilines is 1. The van der Waals surface area contributed by atoms with Crippen molar-refractivity contribution in [2.75, 3.05) is 25.6 Å². The largest absolute Gasteiger partial charge is 0.481 e. The van der Waals surface area contributed by atoms with E-state index in [1.165, 1.54) is 14.1 Å². The Balaban J connectivity index is 1.31. The second-order valence-corrected chi connectivity index (χ2v) is 12.0. The molecule has 12 nitrogen and oxygen atoms in total. The molecule has 3 atom stereocenters. The fourth-order valence-electron chi connectivity index (χ4n) is 6.26. The van der Waals surface area contributed by atoms with Crippen LogP contribution in [0.15, 0.2) is 52.1 Å². The van der Waals surface area contributed by atoms with Crippen LogP contribution in [0.25, 0.3) is 22.4 Å². The number of aliphatic hydroxyl groups is 1. The third-order valence-corrected chi connectivity index (χ3v) is 9.19. The summed E-state index contributed by atoms with van der Waals surface area (Å²) in [6.45, 7) is 2.78. The van der Waals surface area contributed by atoms with Crippen molar-refractivity contribution in [1.29, 1.82) is 0 Å². The van der Waals surface area contributed by atoms with E-state index in [-0.39, 0.29) is 12.1 Å². The maximum absolute atomic E-state index is 13.1. The number of fused-ring (bicyclic) bond motifs is 1. The zero-order chi connectivity index (χ0) is 32.7. The summed E-state index contributed by atoms with van der Waals surface area (Å²) in [7, 11) is 4.27. The number of methoxy groups -OCH3 is 1. The highest BCUT2D eigenvalue weighted by molar-refractivity contribution is 6.36. The average molecular weight is 647 g/mol. The molecule has 240 valence electrons. The number of nitrogens with one attached hydrogen (secondary N) is 2. The number of nitrogens with zero attached hydrogens (tertiary/aromatic N) is 4. The van der Waals surface area contributed by atoms with Gasteiger partial charge in [-0.2, -0.15) is 5.10 Å². The molecule has 1 aliphatic heterocycles. The van der Waals surface area contributed by atoms with Crippen LogP contribution in [0.2, 0.25) is 5.02 Å². The molecule has 2 aromatic heterocycles. The lowest BCUT2D eigenvalue weighted by molar-refractivity contribution is -0.0304. The number of carbonyl (C=O) groups is 1. The quantitative estimate of drug-likeness (QED) is 0.275. The first-order valence-electron chi connectivity index (χ1n) is 15.0. The van der Waals surface area contributed by atoms with Crippen molar-refractivity contribution in [2.24, 2.45) is 14.1 Å².